The van der Waals surface area contributed by atoms with Crippen molar-refractivity contribution in [2.75, 3.05) is 26.7 Å². The van der Waals surface area contributed by atoms with Gasteiger partial charge in [0, 0.05) is 13.6 Å². The number of nitrogens with one attached hydrogen (secondary N) is 2. The largest absolute Gasteiger partial charge is 0.492 e. The average Bonchev–Trinajstić information content (AvgIpc) is 2.39. The van der Waals surface area contributed by atoms with Crippen LogP contribution in [0.25, 0.3) is 0 Å². The lowest BCUT2D eigenvalue weighted by Crippen LogP contribution is -2.39. The van der Waals surface area contributed by atoms with Crippen molar-refractivity contribution in [1.82, 2.24) is 10.6 Å². The number of nitrogens with zero attached hydrogens (tertiary/aromatic N) is 1. The molecule has 0 aliphatic rings. The van der Waals surface area contributed by atoms with E-state index in [4.69, 9.17) is 4.74 Å². The van der Waals surface area contributed by atoms with Crippen molar-refractivity contribution in [1.29, 1.82) is 0 Å². The first-order valence-electron chi connectivity index (χ1n) is 5.60. The third-order valence-corrected chi connectivity index (χ3v) is 2.04. The number of ether oxygens (including phenoxy) is 1. The maximum Gasteiger partial charge on any atom is 0.191 e. The number of guanidine groups is 1. The summed E-state index contributed by atoms with van der Waals surface area (Å²) in [6.45, 7) is 5.62. The standard InChI is InChI=1S/C13H19N3O.HI/c1-3-9-15-13(14-2)16-10-11-17-12-7-5-4-6-8-12;/h3-8H,1,9-11H2,2H3,(H2,14,15,16);1H. The molecule has 0 bridgehead atoms. The Hall–Kier alpha value is -1.24. The van der Waals surface area contributed by atoms with Crippen molar-refractivity contribution in [3.05, 3.63) is 43.0 Å². The van der Waals surface area contributed by atoms with Gasteiger partial charge in [0.2, 0.25) is 0 Å². The maximum atomic E-state index is 5.54. The average molecular weight is 361 g/mol. The van der Waals surface area contributed by atoms with Gasteiger partial charge >= 0.3 is 0 Å². The van der Waals surface area contributed by atoms with Gasteiger partial charge in [0.25, 0.3) is 0 Å². The first-order valence-corrected chi connectivity index (χ1v) is 5.60. The molecule has 0 amide bonds. The lowest BCUT2D eigenvalue weighted by atomic mass is 10.3. The van der Waals surface area contributed by atoms with Crippen molar-refractivity contribution in [2.45, 2.75) is 0 Å². The molecule has 5 heteroatoms. The van der Waals surface area contributed by atoms with E-state index in [0.717, 1.165) is 11.7 Å². The number of benzene rings is 1. The van der Waals surface area contributed by atoms with Gasteiger partial charge in [-0.2, -0.15) is 0 Å². The second kappa shape index (κ2) is 10.9. The number of halogens is 1. The minimum absolute atomic E-state index is 0. The number of aliphatic imine (C=N–C) groups is 1. The van der Waals surface area contributed by atoms with E-state index >= 15 is 0 Å². The highest BCUT2D eigenvalue weighted by molar-refractivity contribution is 14.0. The Labute approximate surface area is 126 Å². The molecule has 0 aromatic heterocycles. The molecule has 0 saturated heterocycles. The van der Waals surface area contributed by atoms with Gasteiger partial charge in [0.1, 0.15) is 12.4 Å². The number of para-hydroxylation sites is 1. The molecule has 0 fully saturated rings. The van der Waals surface area contributed by atoms with Gasteiger partial charge in [0.15, 0.2) is 5.96 Å². The maximum absolute atomic E-state index is 5.54. The monoisotopic (exact) mass is 361 g/mol. The third kappa shape index (κ3) is 7.16. The van der Waals surface area contributed by atoms with Crippen LogP contribution in [-0.4, -0.2) is 32.7 Å². The molecule has 0 radical (unpaired) electrons. The summed E-state index contributed by atoms with van der Waals surface area (Å²) in [5, 5.41) is 6.22. The van der Waals surface area contributed by atoms with E-state index in [1.165, 1.54) is 0 Å². The predicted octanol–water partition coefficient (Wildman–Crippen LogP) is 2.03. The molecule has 18 heavy (non-hydrogen) atoms. The number of hydrogen-bond donors (Lipinski definition) is 2. The summed E-state index contributed by atoms with van der Waals surface area (Å²) in [5.41, 5.74) is 0. The van der Waals surface area contributed by atoms with Crippen LogP contribution in [0.2, 0.25) is 0 Å². The minimum Gasteiger partial charge on any atom is -0.492 e. The first kappa shape index (κ1) is 16.8. The predicted molar refractivity (Wildman–Crippen MR) is 86.9 cm³/mol. The van der Waals surface area contributed by atoms with E-state index in [2.05, 4.69) is 22.2 Å². The third-order valence-electron chi connectivity index (χ3n) is 2.04. The van der Waals surface area contributed by atoms with Crippen molar-refractivity contribution in [3.8, 4) is 5.75 Å². The Morgan fingerprint density at radius 3 is 2.67 bits per heavy atom. The van der Waals surface area contributed by atoms with E-state index in [1.807, 2.05) is 30.3 Å². The van der Waals surface area contributed by atoms with Crippen LogP contribution in [0.1, 0.15) is 0 Å². The molecule has 1 aromatic rings. The topological polar surface area (TPSA) is 45.7 Å². The Balaban J connectivity index is 0.00000289. The highest BCUT2D eigenvalue weighted by atomic mass is 127. The lowest BCUT2D eigenvalue weighted by molar-refractivity contribution is 0.322. The summed E-state index contributed by atoms with van der Waals surface area (Å²) in [6.07, 6.45) is 1.79. The molecule has 2 N–H and O–H groups in total. The minimum atomic E-state index is 0. The summed E-state index contributed by atoms with van der Waals surface area (Å²) in [5.74, 6) is 1.63. The Bertz CT molecular complexity index is 355. The van der Waals surface area contributed by atoms with E-state index in [1.54, 1.807) is 13.1 Å². The molecule has 0 atom stereocenters. The molecule has 0 unspecified atom stereocenters. The van der Waals surface area contributed by atoms with Crippen LogP contribution in [0.5, 0.6) is 5.75 Å². The van der Waals surface area contributed by atoms with Crippen molar-refractivity contribution in [2.24, 2.45) is 4.99 Å². The smallest absolute Gasteiger partial charge is 0.191 e. The fourth-order valence-electron chi connectivity index (χ4n) is 1.24. The van der Waals surface area contributed by atoms with Crippen molar-refractivity contribution >= 4 is 29.9 Å². The van der Waals surface area contributed by atoms with Gasteiger partial charge in [-0.05, 0) is 12.1 Å². The van der Waals surface area contributed by atoms with Crippen LogP contribution in [-0.2, 0) is 0 Å². The molecule has 1 aromatic carbocycles. The van der Waals surface area contributed by atoms with Crippen LogP contribution in [0, 0.1) is 0 Å². The SMILES string of the molecule is C=CCNC(=NC)NCCOc1ccccc1.I. The summed E-state index contributed by atoms with van der Waals surface area (Å²) < 4.78 is 5.54. The van der Waals surface area contributed by atoms with Crippen LogP contribution < -0.4 is 15.4 Å². The molecule has 1 rings (SSSR count). The summed E-state index contributed by atoms with van der Waals surface area (Å²) in [4.78, 5) is 4.06. The zero-order chi connectivity index (χ0) is 12.3. The second-order valence-electron chi connectivity index (χ2n) is 3.33. The van der Waals surface area contributed by atoms with Crippen LogP contribution >= 0.6 is 24.0 Å². The van der Waals surface area contributed by atoms with E-state index in [-0.39, 0.29) is 24.0 Å². The normalized spacial score (nSPS) is 10.2. The number of rotatable bonds is 6. The summed E-state index contributed by atoms with van der Waals surface area (Å²) >= 11 is 0. The molecule has 0 aliphatic heterocycles. The fourth-order valence-corrected chi connectivity index (χ4v) is 1.24. The molecular weight excluding hydrogens is 341 g/mol. The zero-order valence-corrected chi connectivity index (χ0v) is 12.9. The van der Waals surface area contributed by atoms with Crippen molar-refractivity contribution < 1.29 is 4.74 Å². The molecule has 0 saturated carbocycles. The zero-order valence-electron chi connectivity index (χ0n) is 10.6. The Morgan fingerprint density at radius 2 is 2.06 bits per heavy atom. The van der Waals surface area contributed by atoms with Crippen LogP contribution in [0.3, 0.4) is 0 Å². The quantitative estimate of drug-likeness (QED) is 0.268. The van der Waals surface area contributed by atoms with E-state index in [9.17, 15) is 0 Å². The number of hydrogen-bond acceptors (Lipinski definition) is 2. The summed E-state index contributed by atoms with van der Waals surface area (Å²) in [6, 6.07) is 9.74. The second-order valence-corrected chi connectivity index (χ2v) is 3.33. The Kier molecular flexibility index (Phi) is 10.1. The highest BCUT2D eigenvalue weighted by Gasteiger charge is 1.95. The molecule has 0 spiro atoms. The van der Waals surface area contributed by atoms with Gasteiger partial charge < -0.3 is 15.4 Å². The van der Waals surface area contributed by atoms with E-state index in [0.29, 0.717) is 19.7 Å². The van der Waals surface area contributed by atoms with Gasteiger partial charge in [-0.1, -0.05) is 24.3 Å². The Morgan fingerprint density at radius 1 is 1.33 bits per heavy atom. The van der Waals surface area contributed by atoms with Gasteiger partial charge in [-0.25, -0.2) is 0 Å². The molecule has 100 valence electrons. The first-order chi connectivity index (χ1) is 8.36. The van der Waals surface area contributed by atoms with E-state index < -0.39 is 0 Å². The molecule has 4 nitrogen and oxygen atoms in total. The van der Waals surface area contributed by atoms with Crippen LogP contribution in [0.4, 0.5) is 0 Å². The highest BCUT2D eigenvalue weighted by Crippen LogP contribution is 2.07. The fraction of sp³-hybridized carbons (Fsp3) is 0.308. The molecule has 0 heterocycles. The van der Waals surface area contributed by atoms with Crippen LogP contribution in [0.15, 0.2) is 48.0 Å². The lowest BCUT2D eigenvalue weighted by Gasteiger charge is -2.11. The molecular formula is C13H20IN3O. The van der Waals surface area contributed by atoms with Crippen molar-refractivity contribution in [3.63, 3.8) is 0 Å². The van der Waals surface area contributed by atoms with Gasteiger partial charge in [0.05, 0.1) is 6.54 Å². The molecule has 0 aliphatic carbocycles. The summed E-state index contributed by atoms with van der Waals surface area (Å²) in [7, 11) is 1.73. The van der Waals surface area contributed by atoms with Gasteiger partial charge in [-0.3, -0.25) is 4.99 Å². The van der Waals surface area contributed by atoms with Gasteiger partial charge in [-0.15, -0.1) is 30.6 Å².